The first kappa shape index (κ1) is 21.3. The van der Waals surface area contributed by atoms with Gasteiger partial charge in [-0.3, -0.25) is 4.79 Å². The van der Waals surface area contributed by atoms with Crippen molar-refractivity contribution < 1.29 is 9.22 Å². The molecule has 1 heterocycles. The minimum absolute atomic E-state index is 0.0186. The Hall–Kier alpha value is -1.04. The maximum absolute atomic E-state index is 12.5. The van der Waals surface area contributed by atoms with Crippen molar-refractivity contribution in [3.05, 3.63) is 35.9 Å². The third-order valence-electron chi connectivity index (χ3n) is 5.42. The van der Waals surface area contributed by atoms with Crippen molar-refractivity contribution in [1.82, 2.24) is 5.32 Å². The minimum atomic E-state index is -1.12. The Morgan fingerprint density at radius 3 is 2.38 bits per heavy atom. The summed E-state index contributed by atoms with van der Waals surface area (Å²) in [6.07, 6.45) is 0.784. The van der Waals surface area contributed by atoms with Crippen molar-refractivity contribution in [3.8, 4) is 0 Å². The minimum Gasteiger partial charge on any atom is -0.420 e. The van der Waals surface area contributed by atoms with Gasteiger partial charge in [-0.2, -0.15) is 0 Å². The van der Waals surface area contributed by atoms with Crippen LogP contribution in [0.5, 0.6) is 0 Å². The summed E-state index contributed by atoms with van der Waals surface area (Å²) in [6.45, 7) is 13.8. The van der Waals surface area contributed by atoms with E-state index in [0.29, 0.717) is 6.61 Å². The molecule has 1 N–H and O–H groups in total. The maximum atomic E-state index is 12.5. The van der Waals surface area contributed by atoms with Gasteiger partial charge in [0.25, 0.3) is 0 Å². The van der Waals surface area contributed by atoms with Crippen molar-refractivity contribution >= 4 is 32.0 Å². The number of hydrogen-bond donors (Lipinski definition) is 1. The van der Waals surface area contributed by atoms with E-state index in [0.717, 1.165) is 11.3 Å². The fourth-order valence-electron chi connectivity index (χ4n) is 3.63. The van der Waals surface area contributed by atoms with E-state index in [4.69, 9.17) is 16.6 Å². The molecule has 1 amide bonds. The summed E-state index contributed by atoms with van der Waals surface area (Å²) in [5.41, 5.74) is 1.25. The second-order valence-electron chi connectivity index (χ2n) is 8.83. The molecule has 144 valence electrons. The van der Waals surface area contributed by atoms with Crippen LogP contribution >= 0.6 is 12.2 Å². The SMILES string of the molecule is C[C@@H](C(=S)Cc1ccccc1)[C@H]1NC(=O)[C@H]1[C@@H](CO[SiH](C)C)C(C)(C)C. The zero-order chi connectivity index (χ0) is 19.5. The maximum Gasteiger partial charge on any atom is 0.225 e. The van der Waals surface area contributed by atoms with Crippen molar-refractivity contribution in [1.29, 1.82) is 0 Å². The van der Waals surface area contributed by atoms with Crippen LogP contribution in [0.3, 0.4) is 0 Å². The van der Waals surface area contributed by atoms with Gasteiger partial charge in [-0.15, -0.1) is 0 Å². The molecule has 26 heavy (non-hydrogen) atoms. The number of carbonyl (C=O) groups is 1. The first-order valence-electron chi connectivity index (χ1n) is 9.60. The van der Waals surface area contributed by atoms with E-state index in [2.05, 4.69) is 58.2 Å². The van der Waals surface area contributed by atoms with E-state index in [1.165, 1.54) is 5.56 Å². The zero-order valence-electron chi connectivity index (χ0n) is 16.9. The molecule has 0 bridgehead atoms. The summed E-state index contributed by atoms with van der Waals surface area (Å²) in [5, 5.41) is 3.13. The van der Waals surface area contributed by atoms with Crippen LogP contribution in [0.1, 0.15) is 33.3 Å². The molecule has 1 aliphatic rings. The summed E-state index contributed by atoms with van der Waals surface area (Å²) in [5.74, 6) is 0.511. The fourth-order valence-corrected chi connectivity index (χ4v) is 4.54. The number of benzene rings is 1. The number of nitrogens with one attached hydrogen (secondary N) is 1. The summed E-state index contributed by atoms with van der Waals surface area (Å²) in [6, 6.07) is 10.4. The fraction of sp³-hybridized carbons (Fsp3) is 0.619. The Morgan fingerprint density at radius 1 is 1.27 bits per heavy atom. The highest BCUT2D eigenvalue weighted by Gasteiger charge is 2.50. The Bertz CT molecular complexity index is 627. The quantitative estimate of drug-likeness (QED) is 0.413. The van der Waals surface area contributed by atoms with Crippen molar-refractivity contribution in [2.24, 2.45) is 23.2 Å². The molecule has 0 unspecified atom stereocenters. The number of amides is 1. The van der Waals surface area contributed by atoms with E-state index < -0.39 is 9.04 Å². The van der Waals surface area contributed by atoms with Gasteiger partial charge in [0.05, 0.1) is 5.92 Å². The standard InChI is InChI=1S/C21H33NO2SSi/c1-14(17(25)12-15-10-8-7-9-11-15)19-18(20(23)22-19)16(21(2,3)4)13-24-26(5)6/h7-11,14,16,18-19,26H,12-13H2,1-6H3,(H,22,23)/t14-,16+,18-,19+/m0/s1. The van der Waals surface area contributed by atoms with E-state index in [-0.39, 0.29) is 35.1 Å². The highest BCUT2D eigenvalue weighted by Crippen LogP contribution is 2.40. The Kier molecular flexibility index (Phi) is 7.17. The molecule has 5 heteroatoms. The van der Waals surface area contributed by atoms with Crippen LogP contribution in [0.25, 0.3) is 0 Å². The first-order valence-corrected chi connectivity index (χ1v) is 12.8. The Morgan fingerprint density at radius 2 is 1.88 bits per heavy atom. The number of β-lactam (4-membered cyclic amide) rings is 1. The van der Waals surface area contributed by atoms with Crippen molar-refractivity contribution in [3.63, 3.8) is 0 Å². The molecular formula is C21H33NO2SSi. The number of carbonyl (C=O) groups excluding carboxylic acids is 1. The lowest BCUT2D eigenvalue weighted by molar-refractivity contribution is -0.143. The van der Waals surface area contributed by atoms with E-state index >= 15 is 0 Å². The molecule has 1 aromatic rings. The molecular weight excluding hydrogens is 358 g/mol. The Balaban J connectivity index is 2.10. The van der Waals surface area contributed by atoms with Crippen LogP contribution in [0.15, 0.2) is 30.3 Å². The van der Waals surface area contributed by atoms with Gasteiger partial charge in [-0.05, 0) is 30.0 Å². The van der Waals surface area contributed by atoms with Crippen LogP contribution in [-0.4, -0.2) is 32.5 Å². The largest absolute Gasteiger partial charge is 0.420 e. The molecule has 1 saturated heterocycles. The van der Waals surface area contributed by atoms with Gasteiger partial charge < -0.3 is 9.74 Å². The molecule has 0 saturated carbocycles. The van der Waals surface area contributed by atoms with Gasteiger partial charge in [0.15, 0.2) is 9.04 Å². The lowest BCUT2D eigenvalue weighted by Crippen LogP contribution is -2.66. The summed E-state index contributed by atoms with van der Waals surface area (Å²) >= 11 is 5.74. The van der Waals surface area contributed by atoms with Gasteiger partial charge in [0.1, 0.15) is 0 Å². The highest BCUT2D eigenvalue weighted by molar-refractivity contribution is 7.80. The van der Waals surface area contributed by atoms with E-state index in [1.54, 1.807) is 0 Å². The molecule has 0 radical (unpaired) electrons. The predicted octanol–water partition coefficient (Wildman–Crippen LogP) is 4.01. The molecule has 4 atom stereocenters. The molecule has 1 fully saturated rings. The molecule has 3 nitrogen and oxygen atoms in total. The molecule has 0 spiro atoms. The monoisotopic (exact) mass is 391 g/mol. The summed E-state index contributed by atoms with van der Waals surface area (Å²) < 4.78 is 6.05. The topological polar surface area (TPSA) is 38.3 Å². The normalized spacial score (nSPS) is 22.5. The van der Waals surface area contributed by atoms with Gasteiger partial charge in [-0.25, -0.2) is 0 Å². The third kappa shape index (κ3) is 5.24. The number of rotatable bonds is 8. The predicted molar refractivity (Wildman–Crippen MR) is 115 cm³/mol. The van der Waals surface area contributed by atoms with Gasteiger partial charge >= 0.3 is 0 Å². The molecule has 1 aliphatic heterocycles. The summed E-state index contributed by atoms with van der Waals surface area (Å²) in [4.78, 5) is 13.5. The smallest absolute Gasteiger partial charge is 0.225 e. The Labute approximate surface area is 165 Å². The van der Waals surface area contributed by atoms with Crippen LogP contribution in [0, 0.1) is 23.2 Å². The van der Waals surface area contributed by atoms with Crippen LogP contribution in [0.4, 0.5) is 0 Å². The van der Waals surface area contributed by atoms with Crippen LogP contribution < -0.4 is 5.32 Å². The first-order chi connectivity index (χ1) is 12.1. The van der Waals surface area contributed by atoms with Gasteiger partial charge in [-0.1, -0.05) is 70.2 Å². The second-order valence-corrected chi connectivity index (χ2v) is 11.8. The highest BCUT2D eigenvalue weighted by atomic mass is 32.1. The van der Waals surface area contributed by atoms with E-state index in [9.17, 15) is 4.79 Å². The lowest BCUT2D eigenvalue weighted by Gasteiger charge is -2.49. The van der Waals surface area contributed by atoms with Gasteiger partial charge in [0.2, 0.25) is 5.91 Å². The summed E-state index contributed by atoms with van der Waals surface area (Å²) in [7, 11) is -1.12. The van der Waals surface area contributed by atoms with Crippen molar-refractivity contribution in [2.45, 2.75) is 53.3 Å². The number of thiocarbonyl (C=S) groups is 1. The molecule has 1 aromatic carbocycles. The number of hydrogen-bond acceptors (Lipinski definition) is 3. The average Bonchev–Trinajstić information content (AvgIpc) is 2.55. The zero-order valence-corrected chi connectivity index (χ0v) is 18.9. The third-order valence-corrected chi connectivity index (χ3v) is 6.80. The average molecular weight is 392 g/mol. The second kappa shape index (κ2) is 8.76. The van der Waals surface area contributed by atoms with Crippen molar-refractivity contribution in [2.75, 3.05) is 6.61 Å². The molecule has 2 rings (SSSR count). The van der Waals surface area contributed by atoms with E-state index in [1.807, 2.05) is 18.2 Å². The molecule has 0 aromatic heterocycles. The van der Waals surface area contributed by atoms with Crippen LogP contribution in [-0.2, 0) is 15.6 Å². The van der Waals surface area contributed by atoms with Crippen LogP contribution in [0.2, 0.25) is 13.1 Å². The lowest BCUT2D eigenvalue weighted by atomic mass is 9.64. The molecule has 0 aliphatic carbocycles. The van der Waals surface area contributed by atoms with Gasteiger partial charge in [0, 0.05) is 29.9 Å².